The third-order valence-electron chi connectivity index (χ3n) is 3.69. The predicted molar refractivity (Wildman–Crippen MR) is 87.4 cm³/mol. The Kier molecular flexibility index (Phi) is 5.91. The van der Waals surface area contributed by atoms with Gasteiger partial charge in [-0.1, -0.05) is 36.2 Å². The zero-order chi connectivity index (χ0) is 16.1. The molecule has 0 aliphatic carbocycles. The van der Waals surface area contributed by atoms with Crippen LogP contribution in [0.5, 0.6) is 0 Å². The fourth-order valence-electron chi connectivity index (χ4n) is 2.53. The van der Waals surface area contributed by atoms with E-state index in [0.717, 1.165) is 5.56 Å². The van der Waals surface area contributed by atoms with Gasteiger partial charge in [0, 0.05) is 29.7 Å². The summed E-state index contributed by atoms with van der Waals surface area (Å²) in [6.45, 7) is 3.30. The third kappa shape index (κ3) is 3.84. The topological polar surface area (TPSA) is 61.4 Å². The van der Waals surface area contributed by atoms with Crippen LogP contribution in [0.3, 0.4) is 0 Å². The largest absolute Gasteiger partial charge is 0.353 e. The predicted octanol–water partition coefficient (Wildman–Crippen LogP) is 2.46. The molecular weight excluding hydrogens is 325 g/mol. The van der Waals surface area contributed by atoms with Gasteiger partial charge in [-0.2, -0.15) is 0 Å². The second kappa shape index (κ2) is 7.70. The zero-order valence-corrected chi connectivity index (χ0v) is 13.9. The highest BCUT2D eigenvalue weighted by molar-refractivity contribution is 6.35. The molecule has 120 valence electrons. The lowest BCUT2D eigenvalue weighted by Gasteiger charge is -2.34. The van der Waals surface area contributed by atoms with Crippen LogP contribution in [-0.4, -0.2) is 42.5 Å². The average Bonchev–Trinajstić information content (AvgIpc) is 2.49. The van der Waals surface area contributed by atoms with E-state index in [9.17, 15) is 9.59 Å². The normalized spacial score (nSPS) is 18.0. The van der Waals surface area contributed by atoms with Crippen molar-refractivity contribution in [1.29, 1.82) is 0 Å². The van der Waals surface area contributed by atoms with E-state index in [1.807, 2.05) is 6.92 Å². The Morgan fingerprint density at radius 2 is 2.09 bits per heavy atom. The molecule has 1 aliphatic rings. The molecule has 1 aliphatic heterocycles. The molecule has 1 atom stereocenters. The van der Waals surface area contributed by atoms with Crippen molar-refractivity contribution in [3.05, 3.63) is 33.8 Å². The van der Waals surface area contributed by atoms with Gasteiger partial charge in [0.15, 0.2) is 0 Å². The van der Waals surface area contributed by atoms with Gasteiger partial charge in [0.05, 0.1) is 0 Å². The number of urea groups is 1. The first kappa shape index (κ1) is 16.9. The van der Waals surface area contributed by atoms with Gasteiger partial charge in [-0.25, -0.2) is 4.79 Å². The summed E-state index contributed by atoms with van der Waals surface area (Å²) in [7, 11) is 0. The molecule has 2 rings (SSSR count). The lowest BCUT2D eigenvalue weighted by atomic mass is 10.1. The van der Waals surface area contributed by atoms with Crippen molar-refractivity contribution in [2.24, 2.45) is 0 Å². The van der Waals surface area contributed by atoms with E-state index in [4.69, 9.17) is 23.2 Å². The highest BCUT2D eigenvalue weighted by Crippen LogP contribution is 2.24. The molecule has 7 heteroatoms. The van der Waals surface area contributed by atoms with Crippen LogP contribution in [0.15, 0.2) is 18.2 Å². The molecule has 0 radical (unpaired) electrons. The average molecular weight is 344 g/mol. The van der Waals surface area contributed by atoms with E-state index < -0.39 is 6.04 Å². The Morgan fingerprint density at radius 1 is 1.41 bits per heavy atom. The van der Waals surface area contributed by atoms with Gasteiger partial charge < -0.3 is 15.5 Å². The van der Waals surface area contributed by atoms with Gasteiger partial charge in [0.25, 0.3) is 0 Å². The first-order valence-electron chi connectivity index (χ1n) is 7.29. The maximum absolute atomic E-state index is 12.2. The molecular formula is C15H19Cl2N3O2. The number of halogens is 2. The maximum Gasteiger partial charge on any atom is 0.318 e. The molecule has 0 aromatic heterocycles. The number of piperazine rings is 1. The molecule has 22 heavy (non-hydrogen) atoms. The molecule has 1 aromatic carbocycles. The summed E-state index contributed by atoms with van der Waals surface area (Å²) in [5.41, 5.74) is 0.814. The molecule has 1 heterocycles. The number of hydrogen-bond acceptors (Lipinski definition) is 2. The van der Waals surface area contributed by atoms with Gasteiger partial charge in [0.2, 0.25) is 5.91 Å². The molecule has 1 aromatic rings. The van der Waals surface area contributed by atoms with Crippen molar-refractivity contribution in [2.45, 2.75) is 25.8 Å². The van der Waals surface area contributed by atoms with Gasteiger partial charge in [-0.15, -0.1) is 0 Å². The molecule has 3 amide bonds. The van der Waals surface area contributed by atoms with Gasteiger partial charge >= 0.3 is 6.03 Å². The van der Waals surface area contributed by atoms with Crippen LogP contribution in [0.25, 0.3) is 0 Å². The summed E-state index contributed by atoms with van der Waals surface area (Å²) in [5.74, 6) is -0.0990. The van der Waals surface area contributed by atoms with Crippen LogP contribution < -0.4 is 10.6 Å². The van der Waals surface area contributed by atoms with E-state index in [1.165, 1.54) is 0 Å². The highest BCUT2D eigenvalue weighted by Gasteiger charge is 2.31. The number of hydrogen-bond donors (Lipinski definition) is 2. The Bertz CT molecular complexity index is 545. The Labute approximate surface area is 139 Å². The lowest BCUT2D eigenvalue weighted by molar-refractivity contribution is -0.127. The van der Waals surface area contributed by atoms with Crippen molar-refractivity contribution in [1.82, 2.24) is 15.5 Å². The van der Waals surface area contributed by atoms with Crippen molar-refractivity contribution in [3.8, 4) is 0 Å². The van der Waals surface area contributed by atoms with E-state index in [1.54, 1.807) is 23.1 Å². The minimum Gasteiger partial charge on any atom is -0.353 e. The molecule has 1 fully saturated rings. The standard InChI is InChI=1S/C15H19Cl2N3O2/c1-2-13-14(21)18-8-9-20(13)15(22)19-7-6-10-11(16)4-3-5-12(10)17/h3-5,13H,2,6-9H2,1H3,(H,18,21)(H,19,22). The summed E-state index contributed by atoms with van der Waals surface area (Å²) < 4.78 is 0. The molecule has 0 saturated carbocycles. The highest BCUT2D eigenvalue weighted by atomic mass is 35.5. The fraction of sp³-hybridized carbons (Fsp3) is 0.467. The first-order chi connectivity index (χ1) is 10.5. The van der Waals surface area contributed by atoms with Gasteiger partial charge in [-0.05, 0) is 30.5 Å². The van der Waals surface area contributed by atoms with Gasteiger partial charge in [0.1, 0.15) is 6.04 Å². The number of carbonyl (C=O) groups excluding carboxylic acids is 2. The Hall–Kier alpha value is -1.46. The quantitative estimate of drug-likeness (QED) is 0.881. The number of nitrogens with one attached hydrogen (secondary N) is 2. The molecule has 5 nitrogen and oxygen atoms in total. The number of amides is 3. The van der Waals surface area contributed by atoms with Crippen LogP contribution in [0.4, 0.5) is 4.79 Å². The smallest absolute Gasteiger partial charge is 0.318 e. The summed E-state index contributed by atoms with van der Waals surface area (Å²) in [6, 6.07) is 4.69. The molecule has 1 unspecified atom stereocenters. The molecule has 0 spiro atoms. The van der Waals surface area contributed by atoms with Crippen molar-refractivity contribution < 1.29 is 9.59 Å². The zero-order valence-electron chi connectivity index (χ0n) is 12.4. The van der Waals surface area contributed by atoms with Crippen LogP contribution >= 0.6 is 23.2 Å². The van der Waals surface area contributed by atoms with E-state index in [2.05, 4.69) is 10.6 Å². The number of benzene rings is 1. The third-order valence-corrected chi connectivity index (χ3v) is 4.40. The Morgan fingerprint density at radius 3 is 2.73 bits per heavy atom. The number of rotatable bonds is 4. The summed E-state index contributed by atoms with van der Waals surface area (Å²) in [6.07, 6.45) is 1.14. The first-order valence-corrected chi connectivity index (χ1v) is 8.05. The second-order valence-corrected chi connectivity index (χ2v) is 5.91. The minimum atomic E-state index is -0.405. The molecule has 2 N–H and O–H groups in total. The van der Waals surface area contributed by atoms with Gasteiger partial charge in [-0.3, -0.25) is 4.79 Å². The van der Waals surface area contributed by atoms with Crippen LogP contribution in [0, 0.1) is 0 Å². The van der Waals surface area contributed by atoms with E-state index in [-0.39, 0.29) is 11.9 Å². The molecule has 0 bridgehead atoms. The van der Waals surface area contributed by atoms with Crippen molar-refractivity contribution in [2.75, 3.05) is 19.6 Å². The Balaban J connectivity index is 1.91. The summed E-state index contributed by atoms with van der Waals surface area (Å²) in [5, 5.41) is 6.78. The fourth-order valence-corrected chi connectivity index (χ4v) is 3.12. The van der Waals surface area contributed by atoms with Crippen LogP contribution in [-0.2, 0) is 11.2 Å². The lowest BCUT2D eigenvalue weighted by Crippen LogP contribution is -2.59. The number of carbonyl (C=O) groups is 2. The maximum atomic E-state index is 12.2. The monoisotopic (exact) mass is 343 g/mol. The molecule has 1 saturated heterocycles. The SMILES string of the molecule is CCC1C(=O)NCCN1C(=O)NCCc1c(Cl)cccc1Cl. The summed E-state index contributed by atoms with van der Waals surface area (Å²) >= 11 is 12.2. The second-order valence-electron chi connectivity index (χ2n) is 5.09. The minimum absolute atomic E-state index is 0.0990. The number of nitrogens with zero attached hydrogens (tertiary/aromatic N) is 1. The van der Waals surface area contributed by atoms with Crippen molar-refractivity contribution in [3.63, 3.8) is 0 Å². The summed E-state index contributed by atoms with van der Waals surface area (Å²) in [4.78, 5) is 25.6. The van der Waals surface area contributed by atoms with Crippen molar-refractivity contribution >= 4 is 35.1 Å². The van der Waals surface area contributed by atoms with Crippen LogP contribution in [0.2, 0.25) is 10.0 Å². The van der Waals surface area contributed by atoms with Crippen LogP contribution in [0.1, 0.15) is 18.9 Å². The van der Waals surface area contributed by atoms with E-state index >= 15 is 0 Å². The van der Waals surface area contributed by atoms with E-state index in [0.29, 0.717) is 42.5 Å².